The zero-order valence-corrected chi connectivity index (χ0v) is 11.2. The average molecular weight is 263 g/mol. The van der Waals surface area contributed by atoms with Crippen molar-refractivity contribution in [3.63, 3.8) is 0 Å². The monoisotopic (exact) mass is 263 g/mol. The maximum Gasteiger partial charge on any atom is 0.222 e. The number of rotatable bonds is 5. The van der Waals surface area contributed by atoms with Crippen molar-refractivity contribution in [2.75, 3.05) is 37.7 Å². The van der Waals surface area contributed by atoms with Gasteiger partial charge in [0.25, 0.3) is 0 Å². The molecule has 0 aromatic carbocycles. The molecule has 1 N–H and O–H groups in total. The van der Waals surface area contributed by atoms with Gasteiger partial charge in [-0.2, -0.15) is 0 Å². The standard InChI is InChI=1S/C14H21N3O2/c18-12-4-2-6-14(19)17-10-8-16(9-11-17)13-5-1-3-7-15-13/h1,3,5,7,18H,2,4,6,8-12H2. The van der Waals surface area contributed by atoms with Crippen LogP contribution in [-0.2, 0) is 4.79 Å². The van der Waals surface area contributed by atoms with E-state index in [-0.39, 0.29) is 12.5 Å². The Labute approximate surface area is 113 Å². The van der Waals surface area contributed by atoms with Crippen LogP contribution in [0.2, 0.25) is 0 Å². The Kier molecular flexibility index (Phi) is 5.15. The fourth-order valence-corrected chi connectivity index (χ4v) is 2.27. The maximum absolute atomic E-state index is 11.9. The number of pyridine rings is 1. The quantitative estimate of drug-likeness (QED) is 0.802. The molecule has 1 fully saturated rings. The zero-order valence-electron chi connectivity index (χ0n) is 11.2. The third kappa shape index (κ3) is 3.92. The summed E-state index contributed by atoms with van der Waals surface area (Å²) in [6.45, 7) is 3.36. The van der Waals surface area contributed by atoms with Crippen molar-refractivity contribution in [1.82, 2.24) is 9.88 Å². The summed E-state index contributed by atoms with van der Waals surface area (Å²) in [7, 11) is 0. The van der Waals surface area contributed by atoms with Crippen LogP contribution < -0.4 is 4.90 Å². The molecule has 0 aliphatic carbocycles. The first kappa shape index (κ1) is 13.8. The Hall–Kier alpha value is -1.62. The number of hydrogen-bond acceptors (Lipinski definition) is 4. The van der Waals surface area contributed by atoms with Crippen LogP contribution in [0.1, 0.15) is 19.3 Å². The fraction of sp³-hybridized carbons (Fsp3) is 0.571. The fourth-order valence-electron chi connectivity index (χ4n) is 2.27. The summed E-state index contributed by atoms with van der Waals surface area (Å²) in [5.41, 5.74) is 0. The van der Waals surface area contributed by atoms with Crippen LogP contribution in [0.5, 0.6) is 0 Å². The SMILES string of the molecule is O=C(CCCCO)N1CCN(c2ccccn2)CC1. The lowest BCUT2D eigenvalue weighted by molar-refractivity contribution is -0.131. The Bertz CT molecular complexity index is 389. The molecule has 0 bridgehead atoms. The first-order chi connectivity index (χ1) is 9.31. The van der Waals surface area contributed by atoms with Gasteiger partial charge in [0.1, 0.15) is 5.82 Å². The van der Waals surface area contributed by atoms with Crippen LogP contribution in [0.25, 0.3) is 0 Å². The summed E-state index contributed by atoms with van der Waals surface area (Å²) >= 11 is 0. The van der Waals surface area contributed by atoms with Crippen molar-refractivity contribution in [2.24, 2.45) is 0 Å². The summed E-state index contributed by atoms with van der Waals surface area (Å²) in [5.74, 6) is 1.18. The van der Waals surface area contributed by atoms with Gasteiger partial charge in [-0.15, -0.1) is 0 Å². The molecule has 0 saturated carbocycles. The largest absolute Gasteiger partial charge is 0.396 e. The molecule has 0 atom stereocenters. The molecule has 0 spiro atoms. The highest BCUT2D eigenvalue weighted by Gasteiger charge is 2.21. The summed E-state index contributed by atoms with van der Waals surface area (Å²) in [6.07, 6.45) is 3.82. The van der Waals surface area contributed by atoms with E-state index in [0.717, 1.165) is 38.4 Å². The summed E-state index contributed by atoms with van der Waals surface area (Å²) in [6, 6.07) is 5.89. The van der Waals surface area contributed by atoms with E-state index in [1.165, 1.54) is 0 Å². The molecule has 0 unspecified atom stereocenters. The Balaban J connectivity index is 1.77. The van der Waals surface area contributed by atoms with Gasteiger partial charge in [-0.05, 0) is 25.0 Å². The second-order valence-electron chi connectivity index (χ2n) is 4.74. The molecule has 1 aromatic heterocycles. The van der Waals surface area contributed by atoms with Crippen LogP contribution in [-0.4, -0.2) is 53.7 Å². The smallest absolute Gasteiger partial charge is 0.222 e. The van der Waals surface area contributed by atoms with E-state index in [0.29, 0.717) is 12.8 Å². The van der Waals surface area contributed by atoms with Crippen LogP contribution >= 0.6 is 0 Å². The Morgan fingerprint density at radius 1 is 1.21 bits per heavy atom. The van der Waals surface area contributed by atoms with Crippen LogP contribution in [0.3, 0.4) is 0 Å². The molecule has 2 heterocycles. The number of unbranched alkanes of at least 4 members (excludes halogenated alkanes) is 1. The number of aliphatic hydroxyl groups excluding tert-OH is 1. The van der Waals surface area contributed by atoms with Gasteiger partial charge in [-0.3, -0.25) is 4.79 Å². The summed E-state index contributed by atoms with van der Waals surface area (Å²) < 4.78 is 0. The number of carbonyl (C=O) groups excluding carboxylic acids is 1. The van der Waals surface area contributed by atoms with Crippen molar-refractivity contribution in [3.8, 4) is 0 Å². The molecule has 1 amide bonds. The lowest BCUT2D eigenvalue weighted by Crippen LogP contribution is -2.49. The minimum absolute atomic E-state index is 0.167. The van der Waals surface area contributed by atoms with Gasteiger partial charge >= 0.3 is 0 Å². The van der Waals surface area contributed by atoms with Gasteiger partial charge in [0.15, 0.2) is 0 Å². The topological polar surface area (TPSA) is 56.7 Å². The van der Waals surface area contributed by atoms with Crippen molar-refractivity contribution < 1.29 is 9.90 Å². The zero-order chi connectivity index (χ0) is 13.5. The van der Waals surface area contributed by atoms with Crippen molar-refractivity contribution in [3.05, 3.63) is 24.4 Å². The second kappa shape index (κ2) is 7.09. The van der Waals surface area contributed by atoms with E-state index in [4.69, 9.17) is 5.11 Å². The molecular formula is C14H21N3O2. The lowest BCUT2D eigenvalue weighted by Gasteiger charge is -2.35. The van der Waals surface area contributed by atoms with Crippen molar-refractivity contribution in [2.45, 2.75) is 19.3 Å². The van der Waals surface area contributed by atoms with E-state index in [2.05, 4.69) is 9.88 Å². The normalized spacial score (nSPS) is 15.6. The number of aromatic nitrogens is 1. The van der Waals surface area contributed by atoms with E-state index in [9.17, 15) is 4.79 Å². The Morgan fingerprint density at radius 2 is 2.00 bits per heavy atom. The molecule has 5 heteroatoms. The van der Waals surface area contributed by atoms with E-state index in [1.54, 1.807) is 6.20 Å². The van der Waals surface area contributed by atoms with Gasteiger partial charge in [0.2, 0.25) is 5.91 Å². The van der Waals surface area contributed by atoms with Gasteiger partial charge in [-0.25, -0.2) is 4.98 Å². The third-order valence-electron chi connectivity index (χ3n) is 3.40. The highest BCUT2D eigenvalue weighted by Crippen LogP contribution is 2.13. The number of piperazine rings is 1. The van der Waals surface area contributed by atoms with Crippen LogP contribution in [0.15, 0.2) is 24.4 Å². The molecule has 0 radical (unpaired) electrons. The van der Waals surface area contributed by atoms with Gasteiger partial charge < -0.3 is 14.9 Å². The lowest BCUT2D eigenvalue weighted by atomic mass is 10.2. The van der Waals surface area contributed by atoms with E-state index >= 15 is 0 Å². The summed E-state index contributed by atoms with van der Waals surface area (Å²) in [5, 5.41) is 8.71. The minimum atomic E-state index is 0.167. The molecule has 2 rings (SSSR count). The van der Waals surface area contributed by atoms with Gasteiger partial charge in [-0.1, -0.05) is 6.07 Å². The van der Waals surface area contributed by atoms with E-state index < -0.39 is 0 Å². The molecule has 1 saturated heterocycles. The predicted molar refractivity (Wildman–Crippen MR) is 74.0 cm³/mol. The molecular weight excluding hydrogens is 242 g/mol. The highest BCUT2D eigenvalue weighted by molar-refractivity contribution is 5.76. The predicted octanol–water partition coefficient (Wildman–Crippen LogP) is 0.893. The van der Waals surface area contributed by atoms with Gasteiger partial charge in [0.05, 0.1) is 0 Å². The first-order valence-corrected chi connectivity index (χ1v) is 6.86. The van der Waals surface area contributed by atoms with E-state index in [1.807, 2.05) is 23.1 Å². The molecule has 19 heavy (non-hydrogen) atoms. The minimum Gasteiger partial charge on any atom is -0.396 e. The molecule has 1 aliphatic rings. The van der Waals surface area contributed by atoms with Crippen molar-refractivity contribution in [1.29, 1.82) is 0 Å². The Morgan fingerprint density at radius 3 is 2.63 bits per heavy atom. The average Bonchev–Trinajstić information content (AvgIpc) is 2.48. The molecule has 1 aliphatic heterocycles. The number of anilines is 1. The van der Waals surface area contributed by atoms with Crippen LogP contribution in [0, 0.1) is 0 Å². The number of amides is 1. The number of aliphatic hydroxyl groups is 1. The number of carbonyl (C=O) groups is 1. The maximum atomic E-state index is 11.9. The first-order valence-electron chi connectivity index (χ1n) is 6.86. The molecule has 1 aromatic rings. The highest BCUT2D eigenvalue weighted by atomic mass is 16.3. The van der Waals surface area contributed by atoms with Crippen molar-refractivity contribution >= 4 is 11.7 Å². The molecule has 104 valence electrons. The number of nitrogens with zero attached hydrogens (tertiary/aromatic N) is 3. The third-order valence-corrected chi connectivity index (χ3v) is 3.40. The summed E-state index contributed by atoms with van der Waals surface area (Å²) in [4.78, 5) is 20.4. The second-order valence-corrected chi connectivity index (χ2v) is 4.74. The van der Waals surface area contributed by atoms with Crippen LogP contribution in [0.4, 0.5) is 5.82 Å². The number of hydrogen-bond donors (Lipinski definition) is 1. The molecule has 5 nitrogen and oxygen atoms in total. The van der Waals surface area contributed by atoms with Gasteiger partial charge in [0, 0.05) is 45.4 Å².